The maximum Gasteiger partial charge on any atom is 0.327 e. The summed E-state index contributed by atoms with van der Waals surface area (Å²) in [7, 11) is 0. The van der Waals surface area contributed by atoms with E-state index >= 15 is 0 Å². The van der Waals surface area contributed by atoms with Crippen LogP contribution in [0.2, 0.25) is 0 Å². The molecular weight excluding hydrogens is 438 g/mol. The number of carboxylic acids is 1. The number of β-lactam (4-membered cyclic amide) rings is 1. The Morgan fingerprint density at radius 2 is 1.91 bits per heavy atom. The SMILES string of the molecule is CC1(C)SC2[C@H](NC(=O)[C@H](NC(=O)N3CCNC3=O)c3ccccc3)C(=O)N2[C@H]1C(=O)O. The summed E-state index contributed by atoms with van der Waals surface area (Å²) < 4.78 is -0.720. The number of aliphatic carboxylic acids is 1. The molecule has 3 aliphatic heterocycles. The molecule has 1 aromatic carbocycles. The van der Waals surface area contributed by atoms with E-state index in [0.29, 0.717) is 12.1 Å². The van der Waals surface area contributed by atoms with E-state index in [1.807, 2.05) is 0 Å². The number of carboxylic acid groups (broad SMARTS) is 1. The zero-order valence-electron chi connectivity index (χ0n) is 17.4. The predicted molar refractivity (Wildman–Crippen MR) is 113 cm³/mol. The van der Waals surface area contributed by atoms with Gasteiger partial charge in [-0.1, -0.05) is 30.3 Å². The summed E-state index contributed by atoms with van der Waals surface area (Å²) in [5.41, 5.74) is 0.476. The monoisotopic (exact) mass is 461 g/mol. The Balaban J connectivity index is 1.51. The summed E-state index contributed by atoms with van der Waals surface area (Å²) in [6.45, 7) is 3.98. The van der Waals surface area contributed by atoms with E-state index in [4.69, 9.17) is 0 Å². The van der Waals surface area contributed by atoms with Crippen molar-refractivity contribution in [2.45, 2.75) is 42.1 Å². The fourth-order valence-electron chi connectivity index (χ4n) is 4.19. The number of urea groups is 2. The van der Waals surface area contributed by atoms with Gasteiger partial charge in [-0.25, -0.2) is 19.3 Å². The molecule has 0 aromatic heterocycles. The second kappa shape index (κ2) is 8.01. The summed E-state index contributed by atoms with van der Waals surface area (Å²) in [6.07, 6.45) is 0. The third-order valence-electron chi connectivity index (χ3n) is 5.74. The highest BCUT2D eigenvalue weighted by Gasteiger charge is 2.64. The Morgan fingerprint density at radius 1 is 1.22 bits per heavy atom. The first-order valence-electron chi connectivity index (χ1n) is 10.1. The molecule has 6 amide bonds. The molecule has 4 N–H and O–H groups in total. The Morgan fingerprint density at radius 3 is 2.50 bits per heavy atom. The molecule has 4 atom stereocenters. The minimum absolute atomic E-state index is 0.175. The van der Waals surface area contributed by atoms with E-state index in [2.05, 4.69) is 16.0 Å². The third kappa shape index (κ3) is 3.64. The summed E-state index contributed by atoms with van der Waals surface area (Å²) >= 11 is 1.31. The average molecular weight is 462 g/mol. The van der Waals surface area contributed by atoms with Gasteiger partial charge in [-0.15, -0.1) is 11.8 Å². The van der Waals surface area contributed by atoms with Gasteiger partial charge >= 0.3 is 18.0 Å². The van der Waals surface area contributed by atoms with Gasteiger partial charge in [-0.2, -0.15) is 0 Å². The number of imide groups is 1. The minimum Gasteiger partial charge on any atom is -0.480 e. The molecule has 32 heavy (non-hydrogen) atoms. The quantitative estimate of drug-likeness (QED) is 0.454. The maximum absolute atomic E-state index is 13.1. The number of nitrogens with zero attached hydrogens (tertiary/aromatic N) is 2. The number of hydrogen-bond acceptors (Lipinski definition) is 6. The molecular formula is C20H23N5O6S. The summed E-state index contributed by atoms with van der Waals surface area (Å²) in [4.78, 5) is 64.2. The van der Waals surface area contributed by atoms with Crippen LogP contribution in [0.4, 0.5) is 9.59 Å². The number of fused-ring (bicyclic) bond motifs is 1. The van der Waals surface area contributed by atoms with Crippen LogP contribution in [0.15, 0.2) is 30.3 Å². The van der Waals surface area contributed by atoms with Gasteiger partial charge in [0.2, 0.25) is 11.8 Å². The first-order chi connectivity index (χ1) is 15.1. The number of amides is 6. The second-order valence-corrected chi connectivity index (χ2v) is 10.0. The lowest BCUT2D eigenvalue weighted by molar-refractivity contribution is -0.161. The van der Waals surface area contributed by atoms with Gasteiger partial charge in [0.25, 0.3) is 0 Å². The molecule has 12 heteroatoms. The van der Waals surface area contributed by atoms with Gasteiger partial charge in [0.15, 0.2) is 0 Å². The predicted octanol–water partition coefficient (Wildman–Crippen LogP) is 0.0942. The van der Waals surface area contributed by atoms with Gasteiger partial charge in [-0.3, -0.25) is 9.59 Å². The number of thioether (sulfide) groups is 1. The summed E-state index contributed by atoms with van der Waals surface area (Å²) in [5, 5.41) is 16.8. The van der Waals surface area contributed by atoms with Crippen LogP contribution in [0.3, 0.4) is 0 Å². The Labute approximate surface area is 187 Å². The zero-order chi connectivity index (χ0) is 23.2. The highest BCUT2D eigenvalue weighted by Crippen LogP contribution is 2.50. The van der Waals surface area contributed by atoms with Crippen molar-refractivity contribution in [3.63, 3.8) is 0 Å². The van der Waals surface area contributed by atoms with E-state index in [1.54, 1.807) is 44.2 Å². The first kappa shape index (κ1) is 21.9. The topological polar surface area (TPSA) is 148 Å². The smallest absolute Gasteiger partial charge is 0.327 e. The molecule has 1 unspecified atom stereocenters. The van der Waals surface area contributed by atoms with E-state index in [9.17, 15) is 29.1 Å². The van der Waals surface area contributed by atoms with Crippen molar-refractivity contribution in [1.29, 1.82) is 0 Å². The lowest BCUT2D eigenvalue weighted by Gasteiger charge is -2.44. The van der Waals surface area contributed by atoms with Crippen LogP contribution in [0.5, 0.6) is 0 Å². The molecule has 170 valence electrons. The highest BCUT2D eigenvalue weighted by atomic mass is 32.2. The molecule has 0 spiro atoms. The van der Waals surface area contributed by atoms with E-state index in [0.717, 1.165) is 4.90 Å². The Bertz CT molecular complexity index is 986. The standard InChI is InChI=1S/C20H23N5O6S/c1-20(2)13(17(28)29)25-15(27)12(16(25)32-20)22-14(26)11(10-6-4-3-5-7-10)23-19(31)24-9-8-21-18(24)30/h3-7,11-13,16H,8-9H2,1-2H3,(H,21,30)(H,22,26)(H,23,31)(H,28,29)/t11-,12-,13+,16?/m1/s1. The van der Waals surface area contributed by atoms with Crippen molar-refractivity contribution in [3.05, 3.63) is 35.9 Å². The maximum atomic E-state index is 13.1. The van der Waals surface area contributed by atoms with Crippen molar-refractivity contribution >= 4 is 41.6 Å². The molecule has 3 heterocycles. The fourth-order valence-corrected chi connectivity index (χ4v) is 5.82. The molecule has 3 fully saturated rings. The molecule has 1 aromatic rings. The number of hydrogen-bond donors (Lipinski definition) is 4. The van der Waals surface area contributed by atoms with Crippen LogP contribution < -0.4 is 16.0 Å². The molecule has 0 bridgehead atoms. The molecule has 4 rings (SSSR count). The molecule has 0 saturated carbocycles. The normalized spacial score (nSPS) is 26.6. The van der Waals surface area contributed by atoms with Gasteiger partial charge < -0.3 is 26.0 Å². The van der Waals surface area contributed by atoms with E-state index in [1.165, 1.54) is 16.7 Å². The lowest BCUT2D eigenvalue weighted by Crippen LogP contribution is -2.71. The van der Waals surface area contributed by atoms with Gasteiger partial charge in [0, 0.05) is 17.8 Å². The minimum atomic E-state index is -1.14. The summed E-state index contributed by atoms with van der Waals surface area (Å²) in [5.74, 6) is -2.20. The molecule has 11 nitrogen and oxygen atoms in total. The third-order valence-corrected chi connectivity index (χ3v) is 7.31. The van der Waals surface area contributed by atoms with Crippen LogP contribution in [0, 0.1) is 0 Å². The van der Waals surface area contributed by atoms with Crippen LogP contribution >= 0.6 is 11.8 Å². The zero-order valence-corrected chi connectivity index (χ0v) is 18.2. The van der Waals surface area contributed by atoms with Crippen molar-refractivity contribution in [2.24, 2.45) is 0 Å². The molecule has 3 aliphatic rings. The highest BCUT2D eigenvalue weighted by molar-refractivity contribution is 8.01. The lowest BCUT2D eigenvalue weighted by atomic mass is 9.95. The number of rotatable bonds is 5. The number of nitrogens with one attached hydrogen (secondary N) is 3. The average Bonchev–Trinajstić information content (AvgIpc) is 3.29. The molecule has 0 radical (unpaired) electrons. The van der Waals surface area contributed by atoms with Crippen LogP contribution in [0.25, 0.3) is 0 Å². The van der Waals surface area contributed by atoms with Crippen molar-refractivity contribution in [2.75, 3.05) is 13.1 Å². The van der Waals surface area contributed by atoms with Crippen molar-refractivity contribution in [1.82, 2.24) is 25.8 Å². The van der Waals surface area contributed by atoms with E-state index < -0.39 is 58.1 Å². The first-order valence-corrected chi connectivity index (χ1v) is 10.9. The van der Waals surface area contributed by atoms with Gasteiger partial charge in [0.1, 0.15) is 23.5 Å². The number of carbonyl (C=O) groups is 5. The van der Waals surface area contributed by atoms with Crippen LogP contribution in [-0.4, -0.2) is 80.0 Å². The fraction of sp³-hybridized carbons (Fsp3) is 0.450. The van der Waals surface area contributed by atoms with Crippen molar-refractivity contribution < 1.29 is 29.1 Å². The molecule has 3 saturated heterocycles. The van der Waals surface area contributed by atoms with Gasteiger partial charge in [-0.05, 0) is 19.4 Å². The van der Waals surface area contributed by atoms with Crippen molar-refractivity contribution in [3.8, 4) is 0 Å². The van der Waals surface area contributed by atoms with Crippen LogP contribution in [0.1, 0.15) is 25.5 Å². The second-order valence-electron chi connectivity index (χ2n) is 8.26. The largest absolute Gasteiger partial charge is 0.480 e. The van der Waals surface area contributed by atoms with Crippen LogP contribution in [-0.2, 0) is 14.4 Å². The van der Waals surface area contributed by atoms with E-state index in [-0.39, 0.29) is 6.54 Å². The summed E-state index contributed by atoms with van der Waals surface area (Å²) in [6, 6.07) is 4.14. The number of benzene rings is 1. The number of carbonyl (C=O) groups excluding carboxylic acids is 4. The van der Waals surface area contributed by atoms with Gasteiger partial charge in [0.05, 0.1) is 0 Å². The molecule has 0 aliphatic carbocycles. The Kier molecular flexibility index (Phi) is 5.49. The Hall–Kier alpha value is -3.28.